The normalized spacial score (nSPS) is 16.0. The van der Waals surface area contributed by atoms with Gasteiger partial charge < -0.3 is 9.84 Å². The Kier molecular flexibility index (Phi) is 4.11. The predicted octanol–water partition coefficient (Wildman–Crippen LogP) is 4.24. The molecule has 1 aromatic carbocycles. The third-order valence-corrected chi connectivity index (χ3v) is 3.46. The lowest BCUT2D eigenvalue weighted by Crippen LogP contribution is -2.00. The van der Waals surface area contributed by atoms with Crippen molar-refractivity contribution in [2.24, 2.45) is 5.92 Å². The first kappa shape index (κ1) is 12.5. The Morgan fingerprint density at radius 3 is 2.94 bits per heavy atom. The van der Waals surface area contributed by atoms with Gasteiger partial charge in [0, 0.05) is 0 Å². The van der Waals surface area contributed by atoms with Crippen molar-refractivity contribution in [2.75, 3.05) is 6.61 Å². The minimum atomic E-state index is 0.355. The molecule has 1 saturated carbocycles. The Balaban J connectivity index is 2.02. The molecule has 0 bridgehead atoms. The van der Waals surface area contributed by atoms with Gasteiger partial charge in [-0.15, -0.1) is 0 Å². The van der Waals surface area contributed by atoms with Gasteiger partial charge in [-0.1, -0.05) is 6.07 Å². The first-order valence-corrected chi connectivity index (χ1v) is 6.71. The van der Waals surface area contributed by atoms with E-state index in [-0.39, 0.29) is 0 Å². The molecule has 1 N–H and O–H groups in total. The zero-order chi connectivity index (χ0) is 12.3. The van der Waals surface area contributed by atoms with E-state index in [2.05, 4.69) is 15.9 Å². The zero-order valence-electron chi connectivity index (χ0n) is 9.95. The van der Waals surface area contributed by atoms with Gasteiger partial charge in [0.1, 0.15) is 5.75 Å². The maximum atomic E-state index is 9.14. The van der Waals surface area contributed by atoms with Crippen molar-refractivity contribution in [3.05, 3.63) is 40.1 Å². The minimum absolute atomic E-state index is 0.355. The average Bonchev–Trinajstić information content (AvgIpc) is 3.10. The summed E-state index contributed by atoms with van der Waals surface area (Å²) in [7, 11) is 0. The van der Waals surface area contributed by atoms with Crippen molar-refractivity contribution in [2.45, 2.75) is 26.2 Å². The fraction of sp³-hybridized carbons (Fsp3) is 0.429. The standard InChI is InChI=1S/C14H17BrO2/c1-10(16)2-3-11-6-7-13(15)14(8-11)17-9-12-4-5-12/h2,6-8,12,16H,3-5,9H2,1H3/b10-2-. The number of allylic oxidation sites excluding steroid dienone is 2. The summed E-state index contributed by atoms with van der Waals surface area (Å²) in [5.41, 5.74) is 1.15. The summed E-state index contributed by atoms with van der Waals surface area (Å²) >= 11 is 3.49. The van der Waals surface area contributed by atoms with Crippen LogP contribution in [0.1, 0.15) is 25.3 Å². The molecule has 0 atom stereocenters. The van der Waals surface area contributed by atoms with Crippen molar-refractivity contribution >= 4 is 15.9 Å². The molecule has 3 heteroatoms. The van der Waals surface area contributed by atoms with Crippen LogP contribution in [0, 0.1) is 5.92 Å². The monoisotopic (exact) mass is 296 g/mol. The van der Waals surface area contributed by atoms with E-state index in [0.29, 0.717) is 5.76 Å². The average molecular weight is 297 g/mol. The summed E-state index contributed by atoms with van der Waals surface area (Å²) in [6.07, 6.45) is 5.12. The van der Waals surface area contributed by atoms with E-state index in [4.69, 9.17) is 9.84 Å². The summed E-state index contributed by atoms with van der Waals surface area (Å²) in [5, 5.41) is 9.14. The molecule has 1 aliphatic carbocycles. The Morgan fingerprint density at radius 1 is 1.53 bits per heavy atom. The summed E-state index contributed by atoms with van der Waals surface area (Å²) in [6, 6.07) is 6.07. The number of rotatable bonds is 5. The highest BCUT2D eigenvalue weighted by molar-refractivity contribution is 9.10. The van der Waals surface area contributed by atoms with Crippen molar-refractivity contribution in [3.63, 3.8) is 0 Å². The van der Waals surface area contributed by atoms with E-state index < -0.39 is 0 Å². The molecule has 0 aliphatic heterocycles. The molecule has 17 heavy (non-hydrogen) atoms. The number of hydrogen-bond acceptors (Lipinski definition) is 2. The van der Waals surface area contributed by atoms with Crippen molar-refractivity contribution in [1.29, 1.82) is 0 Å². The molecule has 0 unspecified atom stereocenters. The predicted molar refractivity (Wildman–Crippen MR) is 72.5 cm³/mol. The molecule has 2 nitrogen and oxygen atoms in total. The fourth-order valence-corrected chi connectivity index (χ4v) is 1.90. The topological polar surface area (TPSA) is 29.5 Å². The van der Waals surface area contributed by atoms with Crippen LogP contribution < -0.4 is 4.74 Å². The van der Waals surface area contributed by atoms with Crippen LogP contribution in [0.2, 0.25) is 0 Å². The molecule has 0 heterocycles. The number of hydrogen-bond donors (Lipinski definition) is 1. The van der Waals surface area contributed by atoms with Gasteiger partial charge in [0.25, 0.3) is 0 Å². The number of aliphatic hydroxyl groups excluding tert-OH is 1. The smallest absolute Gasteiger partial charge is 0.133 e. The van der Waals surface area contributed by atoms with Crippen LogP contribution in [-0.2, 0) is 6.42 Å². The van der Waals surface area contributed by atoms with Crippen LogP contribution in [0.4, 0.5) is 0 Å². The van der Waals surface area contributed by atoms with Gasteiger partial charge in [-0.3, -0.25) is 0 Å². The highest BCUT2D eigenvalue weighted by Crippen LogP contribution is 2.32. The maximum Gasteiger partial charge on any atom is 0.133 e. The van der Waals surface area contributed by atoms with Gasteiger partial charge in [-0.2, -0.15) is 0 Å². The second-order valence-electron chi connectivity index (χ2n) is 4.57. The Bertz CT molecular complexity index is 418. The first-order valence-electron chi connectivity index (χ1n) is 5.92. The van der Waals surface area contributed by atoms with E-state index in [1.807, 2.05) is 18.2 Å². The fourth-order valence-electron chi connectivity index (χ4n) is 1.54. The van der Waals surface area contributed by atoms with Gasteiger partial charge in [-0.05, 0) is 71.8 Å². The van der Waals surface area contributed by atoms with E-state index in [1.54, 1.807) is 13.0 Å². The highest BCUT2D eigenvalue weighted by atomic mass is 79.9. The molecule has 1 aromatic rings. The maximum absolute atomic E-state index is 9.14. The lowest BCUT2D eigenvalue weighted by Gasteiger charge is -2.09. The van der Waals surface area contributed by atoms with Crippen molar-refractivity contribution in [3.8, 4) is 5.75 Å². The third kappa shape index (κ3) is 4.08. The SMILES string of the molecule is C/C(O)=C/Cc1ccc(Br)c(OCC2CC2)c1. The number of halogens is 1. The van der Waals surface area contributed by atoms with E-state index >= 15 is 0 Å². The summed E-state index contributed by atoms with van der Waals surface area (Å²) in [4.78, 5) is 0. The molecule has 1 aliphatic rings. The molecule has 0 radical (unpaired) electrons. The summed E-state index contributed by atoms with van der Waals surface area (Å²) in [5.74, 6) is 2.01. The second kappa shape index (κ2) is 5.58. The number of benzene rings is 1. The Labute approximate surface area is 110 Å². The van der Waals surface area contributed by atoms with Crippen LogP contribution in [0.5, 0.6) is 5.75 Å². The van der Waals surface area contributed by atoms with Gasteiger partial charge in [0.15, 0.2) is 0 Å². The molecule has 0 saturated heterocycles. The van der Waals surface area contributed by atoms with Crippen LogP contribution in [0.25, 0.3) is 0 Å². The molecular weight excluding hydrogens is 280 g/mol. The van der Waals surface area contributed by atoms with Gasteiger partial charge in [0.05, 0.1) is 16.8 Å². The quantitative estimate of drug-likeness (QED) is 0.824. The largest absolute Gasteiger partial charge is 0.513 e. The van der Waals surface area contributed by atoms with E-state index in [9.17, 15) is 0 Å². The second-order valence-corrected chi connectivity index (χ2v) is 5.42. The number of ether oxygens (including phenoxy) is 1. The third-order valence-electron chi connectivity index (χ3n) is 2.80. The van der Waals surface area contributed by atoms with Crippen molar-refractivity contribution in [1.82, 2.24) is 0 Å². The van der Waals surface area contributed by atoms with E-state index in [0.717, 1.165) is 34.7 Å². The van der Waals surface area contributed by atoms with Crippen LogP contribution in [0.15, 0.2) is 34.5 Å². The molecule has 92 valence electrons. The van der Waals surface area contributed by atoms with Gasteiger partial charge in [0.2, 0.25) is 0 Å². The Morgan fingerprint density at radius 2 is 2.29 bits per heavy atom. The molecule has 0 aromatic heterocycles. The molecule has 1 fully saturated rings. The van der Waals surface area contributed by atoms with Crippen LogP contribution in [-0.4, -0.2) is 11.7 Å². The zero-order valence-corrected chi connectivity index (χ0v) is 11.5. The Hall–Kier alpha value is -0.960. The highest BCUT2D eigenvalue weighted by Gasteiger charge is 2.22. The van der Waals surface area contributed by atoms with E-state index in [1.165, 1.54) is 12.8 Å². The molecule has 0 spiro atoms. The lowest BCUT2D eigenvalue weighted by molar-refractivity contribution is 0.298. The lowest BCUT2D eigenvalue weighted by atomic mass is 10.1. The van der Waals surface area contributed by atoms with Crippen LogP contribution in [0.3, 0.4) is 0 Å². The molecule has 2 rings (SSSR count). The molecular formula is C14H17BrO2. The summed E-state index contributed by atoms with van der Waals surface area (Å²) in [6.45, 7) is 2.50. The first-order chi connectivity index (χ1) is 8.15. The van der Waals surface area contributed by atoms with Gasteiger partial charge >= 0.3 is 0 Å². The number of aliphatic hydroxyl groups is 1. The minimum Gasteiger partial charge on any atom is -0.513 e. The molecule has 0 amide bonds. The van der Waals surface area contributed by atoms with Gasteiger partial charge in [-0.25, -0.2) is 0 Å². The van der Waals surface area contributed by atoms with Crippen LogP contribution >= 0.6 is 15.9 Å². The summed E-state index contributed by atoms with van der Waals surface area (Å²) < 4.78 is 6.77. The van der Waals surface area contributed by atoms with Crippen molar-refractivity contribution < 1.29 is 9.84 Å².